The number of benzene rings is 1. The van der Waals surface area contributed by atoms with Crippen LogP contribution >= 0.6 is 34.4 Å². The molecule has 29 heavy (non-hydrogen) atoms. The number of hydrogen-bond donors (Lipinski definition) is 1. The molecular weight excluding hydrogens is 424 g/mol. The fourth-order valence-corrected chi connectivity index (χ4v) is 5.06. The van der Waals surface area contributed by atoms with E-state index in [1.54, 1.807) is 11.3 Å². The topological polar surface area (TPSA) is 93.6 Å². The SMILES string of the molecule is CCc1nnc(NC(=O)CSc2nnc(-c3ccc(C)cc3)c3sc(C)nc23)s1. The lowest BCUT2D eigenvalue weighted by Gasteiger charge is -2.05. The molecule has 1 amide bonds. The Morgan fingerprint density at radius 3 is 2.59 bits per heavy atom. The van der Waals surface area contributed by atoms with Crippen molar-refractivity contribution in [1.29, 1.82) is 0 Å². The Kier molecular flexibility index (Phi) is 5.84. The molecule has 0 atom stereocenters. The van der Waals surface area contributed by atoms with Gasteiger partial charge in [-0.3, -0.25) is 10.1 Å². The largest absolute Gasteiger partial charge is 0.300 e. The van der Waals surface area contributed by atoms with Gasteiger partial charge in [0.15, 0.2) is 0 Å². The molecule has 7 nitrogen and oxygen atoms in total. The molecule has 10 heteroatoms. The van der Waals surface area contributed by atoms with Crippen LogP contribution in [0.2, 0.25) is 0 Å². The number of rotatable bonds is 6. The second kappa shape index (κ2) is 8.52. The molecule has 1 aromatic carbocycles. The minimum absolute atomic E-state index is 0.154. The highest BCUT2D eigenvalue weighted by atomic mass is 32.2. The van der Waals surface area contributed by atoms with E-state index < -0.39 is 0 Å². The third-order valence-electron chi connectivity index (χ3n) is 4.07. The molecule has 0 unspecified atom stereocenters. The van der Waals surface area contributed by atoms with E-state index in [9.17, 15) is 4.79 Å². The molecule has 0 bridgehead atoms. The van der Waals surface area contributed by atoms with Crippen LogP contribution < -0.4 is 5.32 Å². The van der Waals surface area contributed by atoms with Crippen molar-refractivity contribution in [3.63, 3.8) is 0 Å². The minimum Gasteiger partial charge on any atom is -0.300 e. The summed E-state index contributed by atoms with van der Waals surface area (Å²) in [7, 11) is 0. The number of hydrogen-bond acceptors (Lipinski definition) is 9. The number of carbonyl (C=O) groups is 1. The Labute approximate surface area is 180 Å². The minimum atomic E-state index is -0.154. The zero-order valence-electron chi connectivity index (χ0n) is 16.1. The molecule has 148 valence electrons. The van der Waals surface area contributed by atoms with Crippen LogP contribution in [0.25, 0.3) is 21.5 Å². The van der Waals surface area contributed by atoms with Crippen molar-refractivity contribution in [2.24, 2.45) is 0 Å². The first kappa shape index (κ1) is 19.9. The second-order valence-electron chi connectivity index (χ2n) is 6.32. The Balaban J connectivity index is 1.54. The number of fused-ring (bicyclic) bond motifs is 1. The molecule has 3 aromatic heterocycles. The van der Waals surface area contributed by atoms with Crippen molar-refractivity contribution in [3.8, 4) is 11.3 Å². The van der Waals surface area contributed by atoms with Gasteiger partial charge in [0, 0.05) is 5.56 Å². The predicted molar refractivity (Wildman–Crippen MR) is 119 cm³/mol. The van der Waals surface area contributed by atoms with Gasteiger partial charge in [-0.1, -0.05) is 59.9 Å². The zero-order chi connectivity index (χ0) is 20.4. The Morgan fingerprint density at radius 1 is 1.07 bits per heavy atom. The first-order valence-corrected chi connectivity index (χ1v) is 11.6. The van der Waals surface area contributed by atoms with E-state index in [0.717, 1.165) is 37.9 Å². The van der Waals surface area contributed by atoms with E-state index in [-0.39, 0.29) is 11.7 Å². The lowest BCUT2D eigenvalue weighted by Crippen LogP contribution is -2.14. The van der Waals surface area contributed by atoms with Gasteiger partial charge in [0.2, 0.25) is 11.0 Å². The monoisotopic (exact) mass is 442 g/mol. The molecule has 0 spiro atoms. The van der Waals surface area contributed by atoms with E-state index in [0.29, 0.717) is 10.2 Å². The zero-order valence-corrected chi connectivity index (χ0v) is 18.5. The summed E-state index contributed by atoms with van der Waals surface area (Å²) in [4.78, 5) is 16.9. The molecule has 0 aliphatic carbocycles. The first-order chi connectivity index (χ1) is 14.0. The summed E-state index contributed by atoms with van der Waals surface area (Å²) in [6.45, 7) is 6.02. The lowest BCUT2D eigenvalue weighted by molar-refractivity contribution is -0.113. The standard InChI is InChI=1S/C19H18N6OS3/c1-4-14-22-25-19(29-14)21-13(26)9-27-18-16-17(28-11(3)20-16)15(23-24-18)12-7-5-10(2)6-8-12/h5-8H,4,9H2,1-3H3,(H,21,25,26). The molecule has 4 aromatic rings. The second-order valence-corrected chi connectivity index (χ2v) is 9.55. The van der Waals surface area contributed by atoms with Gasteiger partial charge in [0.1, 0.15) is 21.2 Å². The van der Waals surface area contributed by atoms with E-state index in [2.05, 4.69) is 49.8 Å². The maximum absolute atomic E-state index is 12.3. The number of thioether (sulfide) groups is 1. The number of aromatic nitrogens is 5. The molecule has 0 aliphatic heterocycles. The molecule has 0 fully saturated rings. The third-order valence-corrected chi connectivity index (χ3v) is 6.99. The van der Waals surface area contributed by atoms with Gasteiger partial charge in [0.05, 0.1) is 15.5 Å². The van der Waals surface area contributed by atoms with Crippen LogP contribution in [-0.2, 0) is 11.2 Å². The molecule has 0 aliphatic rings. The molecule has 0 saturated heterocycles. The van der Waals surface area contributed by atoms with E-state index in [1.807, 2.05) is 26.0 Å². The molecule has 3 heterocycles. The number of thiazole rings is 1. The van der Waals surface area contributed by atoms with Gasteiger partial charge < -0.3 is 0 Å². The summed E-state index contributed by atoms with van der Waals surface area (Å²) < 4.78 is 0.987. The van der Waals surface area contributed by atoms with Gasteiger partial charge in [-0.2, -0.15) is 0 Å². The van der Waals surface area contributed by atoms with Crippen molar-refractivity contribution in [2.45, 2.75) is 32.2 Å². The maximum Gasteiger partial charge on any atom is 0.236 e. The number of nitrogens with zero attached hydrogens (tertiary/aromatic N) is 5. The van der Waals surface area contributed by atoms with Crippen molar-refractivity contribution in [1.82, 2.24) is 25.4 Å². The van der Waals surface area contributed by atoms with Crippen LogP contribution in [0, 0.1) is 13.8 Å². The average Bonchev–Trinajstić information content (AvgIpc) is 3.32. The summed E-state index contributed by atoms with van der Waals surface area (Å²) in [6, 6.07) is 8.20. The summed E-state index contributed by atoms with van der Waals surface area (Å²) in [5.74, 6) is 0.0453. The van der Waals surface area contributed by atoms with Crippen LogP contribution in [0.15, 0.2) is 29.3 Å². The van der Waals surface area contributed by atoms with Crippen molar-refractivity contribution in [2.75, 3.05) is 11.1 Å². The first-order valence-electron chi connectivity index (χ1n) is 8.99. The smallest absolute Gasteiger partial charge is 0.236 e. The van der Waals surface area contributed by atoms with Gasteiger partial charge in [-0.25, -0.2) is 4.98 Å². The summed E-state index contributed by atoms with van der Waals surface area (Å²) >= 11 is 4.30. The number of anilines is 1. The maximum atomic E-state index is 12.3. The Bertz CT molecular complexity index is 1170. The van der Waals surface area contributed by atoms with Crippen molar-refractivity contribution < 1.29 is 4.79 Å². The Hall–Kier alpha value is -2.43. The molecule has 0 saturated carbocycles. The number of amides is 1. The van der Waals surface area contributed by atoms with E-state index in [1.165, 1.54) is 28.7 Å². The highest BCUT2D eigenvalue weighted by Crippen LogP contribution is 2.35. The highest BCUT2D eigenvalue weighted by molar-refractivity contribution is 8.00. The summed E-state index contributed by atoms with van der Waals surface area (Å²) in [6.07, 6.45) is 0.798. The van der Waals surface area contributed by atoms with E-state index >= 15 is 0 Å². The fourth-order valence-electron chi connectivity index (χ4n) is 2.65. The number of carbonyl (C=O) groups excluding carboxylic acids is 1. The van der Waals surface area contributed by atoms with Crippen LogP contribution in [0.1, 0.15) is 22.5 Å². The average molecular weight is 443 g/mol. The Morgan fingerprint density at radius 2 is 1.86 bits per heavy atom. The molecule has 1 N–H and O–H groups in total. The van der Waals surface area contributed by atoms with Crippen LogP contribution in [0.3, 0.4) is 0 Å². The quantitative estimate of drug-likeness (QED) is 0.439. The lowest BCUT2D eigenvalue weighted by atomic mass is 10.1. The fraction of sp³-hybridized carbons (Fsp3) is 0.263. The van der Waals surface area contributed by atoms with Gasteiger partial charge >= 0.3 is 0 Å². The van der Waals surface area contributed by atoms with E-state index in [4.69, 9.17) is 0 Å². The van der Waals surface area contributed by atoms with Gasteiger partial charge in [-0.05, 0) is 20.3 Å². The van der Waals surface area contributed by atoms with Crippen LogP contribution in [0.4, 0.5) is 5.13 Å². The normalized spacial score (nSPS) is 11.1. The molecule has 4 rings (SSSR count). The summed E-state index contributed by atoms with van der Waals surface area (Å²) in [5, 5.41) is 22.6. The van der Waals surface area contributed by atoms with Crippen LogP contribution in [0.5, 0.6) is 0 Å². The number of aryl methyl sites for hydroxylation is 3. The van der Waals surface area contributed by atoms with Crippen molar-refractivity contribution in [3.05, 3.63) is 39.8 Å². The number of nitrogens with one attached hydrogen (secondary N) is 1. The highest BCUT2D eigenvalue weighted by Gasteiger charge is 2.17. The van der Waals surface area contributed by atoms with Gasteiger partial charge in [-0.15, -0.1) is 31.7 Å². The summed E-state index contributed by atoms with van der Waals surface area (Å²) in [5.41, 5.74) is 3.81. The molecular formula is C19H18N6OS3. The third kappa shape index (κ3) is 4.44. The van der Waals surface area contributed by atoms with Crippen LogP contribution in [-0.4, -0.2) is 37.0 Å². The predicted octanol–water partition coefficient (Wildman–Crippen LogP) is 4.51. The van der Waals surface area contributed by atoms with Crippen molar-refractivity contribution >= 4 is 55.7 Å². The molecule has 0 radical (unpaired) electrons. The van der Waals surface area contributed by atoms with Gasteiger partial charge in [0.25, 0.3) is 0 Å².